The number of carbonyl (C=O) groups excluding carboxylic acids is 2. The van der Waals surface area contributed by atoms with Crippen LogP contribution in [-0.4, -0.2) is 48.3 Å². The molecule has 0 spiro atoms. The number of nitrogens with zero attached hydrogens (tertiary/aromatic N) is 3. The average Bonchev–Trinajstić information content (AvgIpc) is 3.15. The Balaban J connectivity index is 0.00000210. The number of imide groups is 1. The Kier molecular flexibility index (Phi) is 4.29. The van der Waals surface area contributed by atoms with Gasteiger partial charge >= 0.3 is 0 Å². The summed E-state index contributed by atoms with van der Waals surface area (Å²) in [6.07, 6.45) is 1.65. The lowest BCUT2D eigenvalue weighted by Gasteiger charge is -2.34. The van der Waals surface area contributed by atoms with Gasteiger partial charge in [0.2, 0.25) is 11.8 Å². The fraction of sp³-hybridized carbons (Fsp3) is 0.579. The molecule has 0 unspecified atom stereocenters. The number of rotatable bonds is 3. The Morgan fingerprint density at radius 3 is 2.56 bits per heavy atom. The summed E-state index contributed by atoms with van der Waals surface area (Å²) < 4.78 is 16.8. The summed E-state index contributed by atoms with van der Waals surface area (Å²) in [5, 5.41) is 9.07. The zero-order valence-electron chi connectivity index (χ0n) is 15.0. The summed E-state index contributed by atoms with van der Waals surface area (Å²) in [5.41, 5.74) is -1.20. The van der Waals surface area contributed by atoms with Gasteiger partial charge < -0.3 is 14.2 Å². The summed E-state index contributed by atoms with van der Waals surface area (Å²) >= 11 is 0. The summed E-state index contributed by atoms with van der Waals surface area (Å²) in [4.78, 5) is 31.5. The van der Waals surface area contributed by atoms with E-state index in [4.69, 9.17) is 19.5 Å². The molecule has 4 rings (SSSR count). The highest BCUT2D eigenvalue weighted by molar-refractivity contribution is 6.23. The van der Waals surface area contributed by atoms with E-state index in [-0.39, 0.29) is 36.8 Å². The summed E-state index contributed by atoms with van der Waals surface area (Å²) in [6, 6.07) is 3.40. The number of carbonyl (C=O) groups is 2. The van der Waals surface area contributed by atoms with Crippen molar-refractivity contribution in [2.45, 2.75) is 45.0 Å². The van der Waals surface area contributed by atoms with Gasteiger partial charge in [0, 0.05) is 19.6 Å². The molecular weight excluding hydrogens is 350 g/mol. The van der Waals surface area contributed by atoms with E-state index in [1.165, 1.54) is 19.4 Å². The van der Waals surface area contributed by atoms with Gasteiger partial charge in [0.05, 0.1) is 42.5 Å². The highest BCUT2D eigenvalue weighted by Crippen LogP contribution is 2.61. The van der Waals surface area contributed by atoms with Crippen molar-refractivity contribution in [3.8, 4) is 11.8 Å². The molecule has 2 bridgehead atoms. The Bertz CT molecular complexity index is 865. The van der Waals surface area contributed by atoms with Crippen molar-refractivity contribution >= 4 is 17.5 Å². The maximum absolute atomic E-state index is 13.2. The van der Waals surface area contributed by atoms with Crippen LogP contribution < -0.4 is 9.64 Å². The molecule has 1 aromatic rings. The lowest BCUT2D eigenvalue weighted by molar-refractivity contribution is -0.133. The monoisotopic (exact) mass is 373 g/mol. The number of nitriles is 1. The van der Waals surface area contributed by atoms with Crippen molar-refractivity contribution in [3.05, 3.63) is 18.0 Å². The van der Waals surface area contributed by atoms with Gasteiger partial charge in [0.25, 0.3) is 0 Å². The van der Waals surface area contributed by atoms with Crippen LogP contribution in [0, 0.1) is 23.2 Å². The summed E-state index contributed by atoms with van der Waals surface area (Å²) in [5.74, 6) is -1.60. The SMILES string of the molecule is C.COc1cc(N2C(=O)[C@@H]3[C@H](C2=O)[C@@]2(C)C[C@H](OC)[C@]3(C)O2)cnc1C#N. The third-order valence-corrected chi connectivity index (χ3v) is 5.97. The molecule has 0 aromatic carbocycles. The normalized spacial score (nSPS) is 36.4. The maximum Gasteiger partial charge on any atom is 0.240 e. The van der Waals surface area contributed by atoms with Crippen LogP contribution in [0.25, 0.3) is 0 Å². The van der Waals surface area contributed by atoms with Gasteiger partial charge in [-0.3, -0.25) is 9.59 Å². The third-order valence-electron chi connectivity index (χ3n) is 5.97. The predicted molar refractivity (Wildman–Crippen MR) is 95.0 cm³/mol. The van der Waals surface area contributed by atoms with Gasteiger partial charge in [-0.25, -0.2) is 9.88 Å². The quantitative estimate of drug-likeness (QED) is 0.743. The fourth-order valence-electron chi connectivity index (χ4n) is 4.86. The molecule has 3 saturated heterocycles. The number of amides is 2. The first-order chi connectivity index (χ1) is 12.3. The third kappa shape index (κ3) is 2.25. The summed E-state index contributed by atoms with van der Waals surface area (Å²) in [6.45, 7) is 3.70. The standard InChI is InChI=1S/C18H19N3O5.CH4/c1-17-6-12(25-4)18(2,26-17)14-13(17)15(22)21(16(14)23)9-5-11(24-3)10(7-19)20-8-9;/h5,8,12-14H,6H2,1-4H3;1H4/t12-,13+,14-,17+,18-;/m0./s1. The second-order valence-electron chi connectivity index (χ2n) is 7.35. The molecule has 8 nitrogen and oxygen atoms in total. The minimum absolute atomic E-state index is 0. The average molecular weight is 373 g/mol. The van der Waals surface area contributed by atoms with Crippen LogP contribution in [0.3, 0.4) is 0 Å². The molecule has 3 fully saturated rings. The van der Waals surface area contributed by atoms with E-state index in [2.05, 4.69) is 4.98 Å². The molecule has 0 aliphatic carbocycles. The highest BCUT2D eigenvalue weighted by atomic mass is 16.6. The summed E-state index contributed by atoms with van der Waals surface area (Å²) in [7, 11) is 3.00. The lowest BCUT2D eigenvalue weighted by Crippen LogP contribution is -2.49. The van der Waals surface area contributed by atoms with Gasteiger partial charge in [-0.2, -0.15) is 5.26 Å². The number of anilines is 1. The van der Waals surface area contributed by atoms with E-state index < -0.39 is 23.0 Å². The Morgan fingerprint density at radius 1 is 1.30 bits per heavy atom. The molecule has 0 N–H and O–H groups in total. The molecule has 27 heavy (non-hydrogen) atoms. The lowest BCUT2D eigenvalue weighted by atomic mass is 9.67. The zero-order chi connectivity index (χ0) is 18.9. The molecule has 144 valence electrons. The highest BCUT2D eigenvalue weighted by Gasteiger charge is 2.76. The number of hydrogen-bond donors (Lipinski definition) is 0. The van der Waals surface area contributed by atoms with E-state index >= 15 is 0 Å². The van der Waals surface area contributed by atoms with Crippen LogP contribution in [0.2, 0.25) is 0 Å². The van der Waals surface area contributed by atoms with Gasteiger partial charge in [-0.05, 0) is 13.8 Å². The van der Waals surface area contributed by atoms with Crippen molar-refractivity contribution in [1.82, 2.24) is 4.98 Å². The largest absolute Gasteiger partial charge is 0.494 e. The second kappa shape index (κ2) is 6.01. The molecule has 0 saturated carbocycles. The Hall–Kier alpha value is -2.50. The Morgan fingerprint density at radius 2 is 1.96 bits per heavy atom. The molecular formula is C19H23N3O5. The molecule has 3 aliphatic rings. The molecule has 3 aliphatic heterocycles. The first kappa shape index (κ1) is 19.3. The molecule has 8 heteroatoms. The molecule has 4 heterocycles. The molecule has 0 radical (unpaired) electrons. The van der Waals surface area contributed by atoms with E-state index in [9.17, 15) is 9.59 Å². The molecule has 2 amide bonds. The van der Waals surface area contributed by atoms with Crippen molar-refractivity contribution in [2.24, 2.45) is 11.8 Å². The number of ether oxygens (including phenoxy) is 3. The number of methoxy groups -OCH3 is 2. The fourth-order valence-corrected chi connectivity index (χ4v) is 4.86. The van der Waals surface area contributed by atoms with Crippen LogP contribution in [0.1, 0.15) is 33.4 Å². The maximum atomic E-state index is 13.2. The number of hydrogen-bond acceptors (Lipinski definition) is 7. The van der Waals surface area contributed by atoms with Crippen molar-refractivity contribution < 1.29 is 23.8 Å². The van der Waals surface area contributed by atoms with Crippen molar-refractivity contribution in [3.63, 3.8) is 0 Å². The van der Waals surface area contributed by atoms with E-state index in [0.29, 0.717) is 12.1 Å². The van der Waals surface area contributed by atoms with E-state index in [1.54, 1.807) is 7.11 Å². The van der Waals surface area contributed by atoms with Crippen molar-refractivity contribution in [2.75, 3.05) is 19.1 Å². The smallest absolute Gasteiger partial charge is 0.240 e. The van der Waals surface area contributed by atoms with Gasteiger partial charge in [-0.15, -0.1) is 0 Å². The molecule has 1 aromatic heterocycles. The predicted octanol–water partition coefficient (Wildman–Crippen LogP) is 1.67. The Labute approximate surface area is 158 Å². The first-order valence-corrected chi connectivity index (χ1v) is 8.35. The van der Waals surface area contributed by atoms with E-state index in [1.807, 2.05) is 19.9 Å². The van der Waals surface area contributed by atoms with Crippen LogP contribution in [0.4, 0.5) is 5.69 Å². The topological polar surface area (TPSA) is 102 Å². The number of aromatic nitrogens is 1. The van der Waals surface area contributed by atoms with Crippen LogP contribution in [-0.2, 0) is 19.1 Å². The first-order valence-electron chi connectivity index (χ1n) is 8.35. The van der Waals surface area contributed by atoms with Crippen LogP contribution in [0.5, 0.6) is 5.75 Å². The van der Waals surface area contributed by atoms with Crippen LogP contribution in [0.15, 0.2) is 12.3 Å². The van der Waals surface area contributed by atoms with E-state index in [0.717, 1.165) is 4.90 Å². The number of pyridine rings is 1. The van der Waals surface area contributed by atoms with Crippen LogP contribution >= 0.6 is 0 Å². The minimum atomic E-state index is -0.847. The van der Waals surface area contributed by atoms with Gasteiger partial charge in [-0.1, -0.05) is 7.43 Å². The number of fused-ring (bicyclic) bond motifs is 5. The van der Waals surface area contributed by atoms with Gasteiger partial charge in [0.15, 0.2) is 11.4 Å². The molecule has 5 atom stereocenters. The van der Waals surface area contributed by atoms with Crippen molar-refractivity contribution in [1.29, 1.82) is 5.26 Å². The van der Waals surface area contributed by atoms with Gasteiger partial charge in [0.1, 0.15) is 11.7 Å². The second-order valence-corrected chi connectivity index (χ2v) is 7.35. The minimum Gasteiger partial charge on any atom is -0.494 e. The zero-order valence-corrected chi connectivity index (χ0v) is 15.0.